The van der Waals surface area contributed by atoms with Crippen molar-refractivity contribution in [2.75, 3.05) is 10.6 Å². The van der Waals surface area contributed by atoms with Crippen molar-refractivity contribution in [3.8, 4) is 0 Å². The number of benzene rings is 1. The Morgan fingerprint density at radius 3 is 2.62 bits per heavy atom. The van der Waals surface area contributed by atoms with Crippen LogP contribution in [0.1, 0.15) is 48.0 Å². The molecule has 0 radical (unpaired) electrons. The van der Waals surface area contributed by atoms with Crippen molar-refractivity contribution in [1.29, 1.82) is 0 Å². The highest BCUT2D eigenvalue weighted by Crippen LogP contribution is 2.22. The van der Waals surface area contributed by atoms with Crippen LogP contribution in [0.5, 0.6) is 0 Å². The summed E-state index contributed by atoms with van der Waals surface area (Å²) in [6.07, 6.45) is 7.93. The largest absolute Gasteiger partial charge is 0.367 e. The molecule has 0 aliphatic heterocycles. The van der Waals surface area contributed by atoms with E-state index in [-0.39, 0.29) is 5.91 Å². The van der Waals surface area contributed by atoms with Crippen LogP contribution in [0.3, 0.4) is 0 Å². The number of hydrogen-bond donors (Lipinski definition) is 2. The van der Waals surface area contributed by atoms with Gasteiger partial charge >= 0.3 is 0 Å². The first kappa shape index (κ1) is 17.0. The summed E-state index contributed by atoms with van der Waals surface area (Å²) in [4.78, 5) is 16.7. The number of pyridine rings is 1. The van der Waals surface area contributed by atoms with Crippen molar-refractivity contribution in [1.82, 2.24) is 4.98 Å². The van der Waals surface area contributed by atoms with Crippen LogP contribution in [-0.2, 0) is 0 Å². The van der Waals surface area contributed by atoms with Gasteiger partial charge in [-0.1, -0.05) is 41.3 Å². The number of hydrogen-bond acceptors (Lipinski definition) is 3. The molecule has 1 aliphatic carbocycles. The molecule has 4 nitrogen and oxygen atoms in total. The Kier molecular flexibility index (Phi) is 5.51. The third-order valence-corrected chi connectivity index (χ3v) is 5.27. The molecule has 2 N–H and O–H groups in total. The number of amides is 1. The number of nitrogens with one attached hydrogen (secondary N) is 2. The Bertz CT molecular complexity index is 709. The van der Waals surface area contributed by atoms with E-state index in [1.807, 2.05) is 37.3 Å². The first-order valence-electron chi connectivity index (χ1n) is 8.42. The van der Waals surface area contributed by atoms with E-state index in [2.05, 4.69) is 31.5 Å². The van der Waals surface area contributed by atoms with Crippen molar-refractivity contribution in [3.05, 3.63) is 52.1 Å². The molecule has 0 bridgehead atoms. The number of aromatic nitrogens is 1. The van der Waals surface area contributed by atoms with Gasteiger partial charge in [0.2, 0.25) is 0 Å². The number of aryl methyl sites for hydroxylation is 1. The Balaban J connectivity index is 1.61. The van der Waals surface area contributed by atoms with Crippen molar-refractivity contribution in [2.45, 2.75) is 45.1 Å². The minimum atomic E-state index is -0.150. The first-order chi connectivity index (χ1) is 11.6. The molecule has 1 aromatic carbocycles. The highest BCUT2D eigenvalue weighted by atomic mass is 79.9. The molecular weight excluding hydrogens is 366 g/mol. The van der Waals surface area contributed by atoms with Crippen LogP contribution in [0.2, 0.25) is 0 Å². The van der Waals surface area contributed by atoms with E-state index >= 15 is 0 Å². The Morgan fingerprint density at radius 1 is 1.17 bits per heavy atom. The number of anilines is 2. The summed E-state index contributed by atoms with van der Waals surface area (Å²) < 4.78 is 0.977. The normalized spacial score (nSPS) is 15.1. The van der Waals surface area contributed by atoms with Crippen molar-refractivity contribution >= 4 is 33.3 Å². The standard InChI is InChI=1S/C19H22BrN3O/c1-13-7-9-16(11-17(13)20)23-19(24)14-8-10-18(21-12-14)22-15-5-3-2-4-6-15/h7-12,15H,2-6H2,1H3,(H,21,22)(H,23,24). The summed E-state index contributed by atoms with van der Waals surface area (Å²) in [7, 11) is 0. The van der Waals surface area contributed by atoms with E-state index in [1.165, 1.54) is 32.1 Å². The Hall–Kier alpha value is -1.88. The number of nitrogens with zero attached hydrogens (tertiary/aromatic N) is 1. The van der Waals surface area contributed by atoms with Gasteiger partial charge in [0.25, 0.3) is 5.91 Å². The van der Waals surface area contributed by atoms with E-state index in [9.17, 15) is 4.79 Å². The van der Waals surface area contributed by atoms with Crippen LogP contribution in [0.4, 0.5) is 11.5 Å². The fourth-order valence-electron chi connectivity index (χ4n) is 2.94. The topological polar surface area (TPSA) is 54.0 Å². The molecular formula is C19H22BrN3O. The maximum atomic E-state index is 12.3. The molecule has 0 spiro atoms. The Labute approximate surface area is 151 Å². The van der Waals surface area contributed by atoms with Gasteiger partial charge < -0.3 is 10.6 Å². The lowest BCUT2D eigenvalue weighted by Crippen LogP contribution is -2.22. The zero-order chi connectivity index (χ0) is 16.9. The van der Waals surface area contributed by atoms with E-state index in [0.717, 1.165) is 21.5 Å². The fraction of sp³-hybridized carbons (Fsp3) is 0.368. The predicted molar refractivity (Wildman–Crippen MR) is 102 cm³/mol. The lowest BCUT2D eigenvalue weighted by molar-refractivity contribution is 0.102. The van der Waals surface area contributed by atoms with Gasteiger partial charge in [0.15, 0.2) is 0 Å². The van der Waals surface area contributed by atoms with Crippen molar-refractivity contribution in [2.24, 2.45) is 0 Å². The summed E-state index contributed by atoms with van der Waals surface area (Å²) in [6, 6.07) is 9.97. The van der Waals surface area contributed by atoms with Gasteiger partial charge in [0, 0.05) is 22.4 Å². The molecule has 1 aromatic heterocycles. The minimum absolute atomic E-state index is 0.150. The molecule has 24 heavy (non-hydrogen) atoms. The van der Waals surface area contributed by atoms with E-state index in [4.69, 9.17) is 0 Å². The number of carbonyl (C=O) groups is 1. The van der Waals surface area contributed by atoms with Crippen LogP contribution in [0.15, 0.2) is 41.0 Å². The highest BCUT2D eigenvalue weighted by Gasteiger charge is 2.14. The quantitative estimate of drug-likeness (QED) is 0.762. The van der Waals surface area contributed by atoms with Crippen LogP contribution < -0.4 is 10.6 Å². The Morgan fingerprint density at radius 2 is 1.96 bits per heavy atom. The van der Waals surface area contributed by atoms with E-state index < -0.39 is 0 Å². The zero-order valence-electron chi connectivity index (χ0n) is 13.8. The number of rotatable bonds is 4. The number of carbonyl (C=O) groups excluding carboxylic acids is 1. The average molecular weight is 388 g/mol. The smallest absolute Gasteiger partial charge is 0.257 e. The molecule has 1 aliphatic rings. The third kappa shape index (κ3) is 4.35. The summed E-state index contributed by atoms with van der Waals surface area (Å²) in [5.74, 6) is 0.694. The van der Waals surface area contributed by atoms with Crippen molar-refractivity contribution in [3.63, 3.8) is 0 Å². The number of halogens is 1. The summed E-state index contributed by atoms with van der Waals surface area (Å²) in [5.41, 5.74) is 2.45. The second-order valence-electron chi connectivity index (χ2n) is 6.33. The monoisotopic (exact) mass is 387 g/mol. The molecule has 0 saturated heterocycles. The highest BCUT2D eigenvalue weighted by molar-refractivity contribution is 9.10. The van der Waals surface area contributed by atoms with Crippen LogP contribution in [0, 0.1) is 6.92 Å². The molecule has 2 aromatic rings. The van der Waals surface area contributed by atoms with E-state index in [0.29, 0.717) is 11.6 Å². The maximum Gasteiger partial charge on any atom is 0.257 e. The molecule has 3 rings (SSSR count). The third-order valence-electron chi connectivity index (χ3n) is 4.41. The van der Waals surface area contributed by atoms with Gasteiger partial charge in [0.1, 0.15) is 5.82 Å². The van der Waals surface area contributed by atoms with Gasteiger partial charge in [-0.2, -0.15) is 0 Å². The van der Waals surface area contributed by atoms with Gasteiger partial charge in [-0.05, 0) is 49.6 Å². The van der Waals surface area contributed by atoms with Crippen LogP contribution in [0.25, 0.3) is 0 Å². The van der Waals surface area contributed by atoms with Crippen molar-refractivity contribution < 1.29 is 4.79 Å². The molecule has 1 saturated carbocycles. The van der Waals surface area contributed by atoms with Crippen LogP contribution in [-0.4, -0.2) is 16.9 Å². The summed E-state index contributed by atoms with van der Waals surface area (Å²) in [5, 5.41) is 6.36. The molecule has 0 unspecified atom stereocenters. The molecule has 1 heterocycles. The molecule has 5 heteroatoms. The average Bonchev–Trinajstić information content (AvgIpc) is 2.60. The summed E-state index contributed by atoms with van der Waals surface area (Å²) in [6.45, 7) is 2.01. The van der Waals surface area contributed by atoms with Gasteiger partial charge in [0.05, 0.1) is 5.56 Å². The maximum absolute atomic E-state index is 12.3. The molecule has 126 valence electrons. The fourth-order valence-corrected chi connectivity index (χ4v) is 3.32. The molecule has 0 atom stereocenters. The lowest BCUT2D eigenvalue weighted by atomic mass is 9.95. The first-order valence-corrected chi connectivity index (χ1v) is 9.21. The molecule has 1 amide bonds. The lowest BCUT2D eigenvalue weighted by Gasteiger charge is -2.23. The van der Waals surface area contributed by atoms with Gasteiger partial charge in [-0.25, -0.2) is 4.98 Å². The van der Waals surface area contributed by atoms with Crippen LogP contribution >= 0.6 is 15.9 Å². The van der Waals surface area contributed by atoms with E-state index in [1.54, 1.807) is 6.20 Å². The second-order valence-corrected chi connectivity index (χ2v) is 7.18. The SMILES string of the molecule is Cc1ccc(NC(=O)c2ccc(NC3CCCCC3)nc2)cc1Br. The van der Waals surface area contributed by atoms with Gasteiger partial charge in [-0.3, -0.25) is 4.79 Å². The van der Waals surface area contributed by atoms with Gasteiger partial charge in [-0.15, -0.1) is 0 Å². The zero-order valence-corrected chi connectivity index (χ0v) is 15.4. The second kappa shape index (κ2) is 7.79. The molecule has 1 fully saturated rings. The predicted octanol–water partition coefficient (Wildman–Crippen LogP) is 5.15. The summed E-state index contributed by atoms with van der Waals surface area (Å²) >= 11 is 3.48. The minimum Gasteiger partial charge on any atom is -0.367 e.